The Morgan fingerprint density at radius 3 is 2.48 bits per heavy atom. The number of unbranched alkanes of at least 4 members (excludes halogenated alkanes) is 1. The number of nitrogens with one attached hydrogen (secondary N) is 1. The van der Waals surface area contributed by atoms with Crippen LogP contribution < -0.4 is 10.1 Å². The molecule has 3 N–H and O–H groups in total. The zero-order chi connectivity index (χ0) is 38.7. The molecule has 1 aliphatic carbocycles. The highest BCUT2D eigenvalue weighted by molar-refractivity contribution is 5.82. The van der Waals surface area contributed by atoms with E-state index in [4.69, 9.17) is 18.9 Å². The highest BCUT2D eigenvalue weighted by atomic mass is 19.4. The minimum Gasteiger partial charge on any atom is -0.489 e. The fourth-order valence-electron chi connectivity index (χ4n) is 5.24. The summed E-state index contributed by atoms with van der Waals surface area (Å²) in [6.45, 7) is 4.15. The molecule has 52 heavy (non-hydrogen) atoms. The second kappa shape index (κ2) is 22.7. The number of alkyl halides is 3. The SMILES string of the molecule is CC(COCCC(=O)NCC(=O)O[C@H](/C=C/[C@@H]1[C@@H](C/C=C\CCCC(=O)OC(C)C)[C@@H](O)C[C@H]1O)COc1cccc(C(F)(F)F)c1)CO[N+](=O)[O-]. The number of halogens is 3. The number of aliphatic hydroxyl groups is 2. The number of aliphatic hydroxyl groups excluding tert-OH is 2. The van der Waals surface area contributed by atoms with Crippen LogP contribution in [-0.4, -0.2) is 90.5 Å². The fourth-order valence-corrected chi connectivity index (χ4v) is 5.24. The topological polar surface area (TPSA) is 193 Å². The van der Waals surface area contributed by atoms with Gasteiger partial charge in [-0.05, 0) is 63.3 Å². The molecule has 1 fully saturated rings. The summed E-state index contributed by atoms with van der Waals surface area (Å²) in [6, 6.07) is 4.16. The second-order valence-corrected chi connectivity index (χ2v) is 12.7. The first-order chi connectivity index (χ1) is 24.5. The Morgan fingerprint density at radius 1 is 1.04 bits per heavy atom. The third-order valence-electron chi connectivity index (χ3n) is 7.79. The Morgan fingerprint density at radius 2 is 1.79 bits per heavy atom. The van der Waals surface area contributed by atoms with Gasteiger partial charge in [-0.15, -0.1) is 10.1 Å². The Kier molecular flexibility index (Phi) is 19.1. The van der Waals surface area contributed by atoms with Gasteiger partial charge in [0.25, 0.3) is 5.09 Å². The van der Waals surface area contributed by atoms with Crippen LogP contribution in [0.4, 0.5) is 13.2 Å². The van der Waals surface area contributed by atoms with Crippen molar-refractivity contribution in [1.82, 2.24) is 5.32 Å². The molecule has 0 bridgehead atoms. The molecule has 1 unspecified atom stereocenters. The van der Waals surface area contributed by atoms with E-state index in [-0.39, 0.29) is 62.8 Å². The lowest BCUT2D eigenvalue weighted by Gasteiger charge is -2.21. The molecule has 17 heteroatoms. The first kappa shape index (κ1) is 43.9. The average molecular weight is 747 g/mol. The van der Waals surface area contributed by atoms with Gasteiger partial charge in [0.15, 0.2) is 6.10 Å². The van der Waals surface area contributed by atoms with Crippen molar-refractivity contribution in [3.63, 3.8) is 0 Å². The van der Waals surface area contributed by atoms with Crippen LogP contribution in [0.3, 0.4) is 0 Å². The molecule has 0 radical (unpaired) electrons. The number of hydrogen-bond acceptors (Lipinski definition) is 12. The maximum absolute atomic E-state index is 13.2. The van der Waals surface area contributed by atoms with E-state index in [1.165, 1.54) is 18.2 Å². The van der Waals surface area contributed by atoms with Gasteiger partial charge in [-0.1, -0.05) is 31.2 Å². The molecule has 1 saturated carbocycles. The van der Waals surface area contributed by atoms with E-state index in [2.05, 4.69) is 10.2 Å². The lowest BCUT2D eigenvalue weighted by molar-refractivity contribution is -0.759. The third-order valence-corrected chi connectivity index (χ3v) is 7.79. The molecule has 1 aliphatic rings. The van der Waals surface area contributed by atoms with E-state index in [0.29, 0.717) is 19.3 Å². The molecule has 1 amide bonds. The summed E-state index contributed by atoms with van der Waals surface area (Å²) in [4.78, 5) is 51.1. The zero-order valence-corrected chi connectivity index (χ0v) is 29.5. The predicted molar refractivity (Wildman–Crippen MR) is 179 cm³/mol. The van der Waals surface area contributed by atoms with Gasteiger partial charge in [-0.2, -0.15) is 13.2 Å². The van der Waals surface area contributed by atoms with Crippen LogP contribution in [0.5, 0.6) is 5.75 Å². The fraction of sp³-hybridized carbons (Fsp3) is 0.629. The van der Waals surface area contributed by atoms with Gasteiger partial charge in [0.2, 0.25) is 5.91 Å². The highest BCUT2D eigenvalue weighted by Crippen LogP contribution is 2.36. The summed E-state index contributed by atoms with van der Waals surface area (Å²) in [6.07, 6.45) is 0.834. The van der Waals surface area contributed by atoms with Crippen LogP contribution >= 0.6 is 0 Å². The van der Waals surface area contributed by atoms with E-state index in [1.807, 2.05) is 12.2 Å². The first-order valence-electron chi connectivity index (χ1n) is 17.0. The Labute approximate surface area is 300 Å². The molecule has 0 saturated heterocycles. The molecule has 1 aromatic rings. The Hall–Kier alpha value is -4.22. The van der Waals surface area contributed by atoms with Crippen molar-refractivity contribution in [2.75, 3.05) is 33.0 Å². The largest absolute Gasteiger partial charge is 0.489 e. The Balaban J connectivity index is 2.01. The molecule has 14 nitrogen and oxygen atoms in total. The van der Waals surface area contributed by atoms with Gasteiger partial charge in [0.05, 0.1) is 37.1 Å². The maximum Gasteiger partial charge on any atom is 0.416 e. The van der Waals surface area contributed by atoms with Crippen molar-refractivity contribution >= 4 is 17.8 Å². The van der Waals surface area contributed by atoms with Crippen LogP contribution in [0.2, 0.25) is 0 Å². The number of allylic oxidation sites excluding steroid dienone is 2. The number of rotatable bonds is 23. The van der Waals surface area contributed by atoms with E-state index in [1.54, 1.807) is 26.8 Å². The predicted octanol–water partition coefficient (Wildman–Crippen LogP) is 4.35. The van der Waals surface area contributed by atoms with Crippen LogP contribution in [-0.2, 0) is 39.6 Å². The number of hydrogen-bond donors (Lipinski definition) is 3. The maximum atomic E-state index is 13.2. The highest BCUT2D eigenvalue weighted by Gasteiger charge is 2.39. The van der Waals surface area contributed by atoms with Gasteiger partial charge in [0, 0.05) is 31.1 Å². The van der Waals surface area contributed by atoms with Gasteiger partial charge < -0.3 is 39.3 Å². The summed E-state index contributed by atoms with van der Waals surface area (Å²) in [7, 11) is 0. The number of ether oxygens (including phenoxy) is 4. The quantitative estimate of drug-likeness (QED) is 0.0472. The molecule has 0 spiro atoms. The van der Waals surface area contributed by atoms with Gasteiger partial charge in [-0.3, -0.25) is 14.4 Å². The van der Waals surface area contributed by atoms with Gasteiger partial charge >= 0.3 is 18.1 Å². The summed E-state index contributed by atoms with van der Waals surface area (Å²) in [5.41, 5.74) is -0.936. The smallest absolute Gasteiger partial charge is 0.416 e. The normalized spacial score (nSPS) is 20.2. The number of carbonyl (C=O) groups is 3. The number of carbonyl (C=O) groups excluding carboxylic acids is 3. The summed E-state index contributed by atoms with van der Waals surface area (Å²) in [5, 5.41) is 33.1. The minimum atomic E-state index is -4.61. The molecule has 0 aromatic heterocycles. The van der Waals surface area contributed by atoms with E-state index < -0.39 is 72.0 Å². The number of benzene rings is 1. The van der Waals surface area contributed by atoms with Crippen molar-refractivity contribution in [2.45, 2.75) is 89.9 Å². The van der Waals surface area contributed by atoms with Crippen LogP contribution in [0.15, 0.2) is 48.6 Å². The van der Waals surface area contributed by atoms with Crippen molar-refractivity contribution in [3.05, 3.63) is 64.2 Å². The van der Waals surface area contributed by atoms with Crippen LogP contribution in [0, 0.1) is 27.9 Å². The van der Waals surface area contributed by atoms with Crippen molar-refractivity contribution in [3.8, 4) is 5.75 Å². The molecule has 0 aliphatic heterocycles. The molecule has 292 valence electrons. The summed E-state index contributed by atoms with van der Waals surface area (Å²) >= 11 is 0. The van der Waals surface area contributed by atoms with Gasteiger partial charge in [0.1, 0.15) is 25.5 Å². The van der Waals surface area contributed by atoms with E-state index in [9.17, 15) is 47.9 Å². The zero-order valence-electron chi connectivity index (χ0n) is 29.5. The number of nitrogens with zero attached hydrogens (tertiary/aromatic N) is 1. The van der Waals surface area contributed by atoms with Crippen molar-refractivity contribution in [1.29, 1.82) is 0 Å². The van der Waals surface area contributed by atoms with Crippen LogP contribution in [0.1, 0.15) is 64.9 Å². The lowest BCUT2D eigenvalue weighted by atomic mass is 9.89. The Bertz CT molecular complexity index is 1340. The van der Waals surface area contributed by atoms with Crippen molar-refractivity contribution < 1.29 is 66.6 Å². The molecule has 6 atom stereocenters. The molecular weight excluding hydrogens is 697 g/mol. The van der Waals surface area contributed by atoms with Crippen molar-refractivity contribution in [2.24, 2.45) is 17.8 Å². The monoisotopic (exact) mass is 746 g/mol. The van der Waals surface area contributed by atoms with Crippen LogP contribution in [0.25, 0.3) is 0 Å². The average Bonchev–Trinajstić information content (AvgIpc) is 3.34. The lowest BCUT2D eigenvalue weighted by Crippen LogP contribution is -2.34. The second-order valence-electron chi connectivity index (χ2n) is 12.7. The number of esters is 2. The molecule has 1 aromatic carbocycles. The minimum absolute atomic E-state index is 0.0290. The van der Waals surface area contributed by atoms with E-state index in [0.717, 1.165) is 12.1 Å². The van der Waals surface area contributed by atoms with Gasteiger partial charge in [-0.25, -0.2) is 0 Å². The first-order valence-corrected chi connectivity index (χ1v) is 17.0. The van der Waals surface area contributed by atoms with E-state index >= 15 is 0 Å². The summed E-state index contributed by atoms with van der Waals surface area (Å²) in [5.74, 6) is -3.12. The third kappa shape index (κ3) is 17.8. The molecule has 0 heterocycles. The molecular formula is C35H49F3N2O12. The molecule has 2 rings (SSSR count). The standard InChI is InChI=1S/C35H49F3N2O12/c1-23(2)51-33(44)12-7-5-4-6-11-28-29(31(42)18-30(28)41)14-13-27(22-49-26-10-8-9-25(17-26)35(36,37)38)52-34(45)19-39-32(43)15-16-48-20-24(3)21-50-40(46)47/h4,6,8-10,13-14,17,23-24,27-31,41-42H,5,7,11-12,15-16,18-22H2,1-3H3,(H,39,43)/b6-4-,14-13+/t24?,27-,28-,29-,30+,31-/m1/s1. The summed E-state index contributed by atoms with van der Waals surface area (Å²) < 4.78 is 61.1. The number of amides is 1.